The first kappa shape index (κ1) is 12.9. The van der Waals surface area contributed by atoms with E-state index in [0.29, 0.717) is 19.6 Å². The fraction of sp³-hybridized carbons (Fsp3) is 0.571. The predicted molar refractivity (Wildman–Crippen MR) is 66.6 cm³/mol. The van der Waals surface area contributed by atoms with E-state index in [1.807, 2.05) is 35.2 Å². The van der Waals surface area contributed by atoms with E-state index in [9.17, 15) is 13.2 Å². The van der Waals surface area contributed by atoms with Crippen molar-refractivity contribution in [1.82, 2.24) is 10.2 Å². The van der Waals surface area contributed by atoms with Gasteiger partial charge in [0.15, 0.2) is 0 Å². The molecule has 2 aliphatic rings. The molecule has 0 bridgehead atoms. The molecule has 3 rings (SSSR count). The first-order valence-electron chi connectivity index (χ1n) is 6.55. The second kappa shape index (κ2) is 4.49. The van der Waals surface area contributed by atoms with Gasteiger partial charge in [-0.15, -0.1) is 0 Å². The van der Waals surface area contributed by atoms with Crippen molar-refractivity contribution in [2.45, 2.75) is 12.7 Å². The van der Waals surface area contributed by atoms with Crippen LogP contribution in [0.2, 0.25) is 0 Å². The first-order chi connectivity index (χ1) is 9.01. The number of nitrogens with one attached hydrogen (secondary N) is 1. The summed E-state index contributed by atoms with van der Waals surface area (Å²) in [7, 11) is 0. The monoisotopic (exact) mass is 270 g/mol. The Morgan fingerprint density at radius 2 is 2.00 bits per heavy atom. The summed E-state index contributed by atoms with van der Waals surface area (Å²) in [6, 6.07) is 9.70. The fourth-order valence-corrected chi connectivity index (χ4v) is 3.39. The lowest BCUT2D eigenvalue weighted by molar-refractivity contribution is -0.221. The third kappa shape index (κ3) is 2.15. The molecule has 5 heteroatoms. The minimum atomic E-state index is -4.12. The van der Waals surface area contributed by atoms with Gasteiger partial charge in [0.05, 0.1) is 5.41 Å². The van der Waals surface area contributed by atoms with Crippen LogP contribution >= 0.6 is 0 Å². The molecule has 0 spiro atoms. The summed E-state index contributed by atoms with van der Waals surface area (Å²) in [5.41, 5.74) is -0.463. The second-order valence-electron chi connectivity index (χ2n) is 5.64. The number of hydrogen-bond acceptors (Lipinski definition) is 2. The molecule has 2 saturated heterocycles. The highest BCUT2D eigenvalue weighted by molar-refractivity contribution is 5.16. The number of hydrogen-bond donors (Lipinski definition) is 1. The van der Waals surface area contributed by atoms with Crippen LogP contribution in [0.4, 0.5) is 13.2 Å². The van der Waals surface area contributed by atoms with Gasteiger partial charge < -0.3 is 5.32 Å². The number of likely N-dealkylation sites (tertiary alicyclic amines) is 1. The third-order valence-corrected chi connectivity index (χ3v) is 4.41. The SMILES string of the molecule is FC(F)(F)C12CNCC1CN(Cc1ccccc1)C2. The number of halogens is 3. The smallest absolute Gasteiger partial charge is 0.315 e. The molecule has 0 aliphatic carbocycles. The highest BCUT2D eigenvalue weighted by Gasteiger charge is 2.64. The van der Waals surface area contributed by atoms with Crippen LogP contribution in [0.1, 0.15) is 5.56 Å². The molecule has 1 aromatic carbocycles. The molecule has 0 aromatic heterocycles. The van der Waals surface area contributed by atoms with Gasteiger partial charge in [0.2, 0.25) is 0 Å². The normalized spacial score (nSPS) is 31.6. The Bertz CT molecular complexity index is 446. The van der Waals surface area contributed by atoms with Crippen LogP contribution in [-0.2, 0) is 6.54 Å². The van der Waals surface area contributed by atoms with E-state index >= 15 is 0 Å². The zero-order valence-corrected chi connectivity index (χ0v) is 10.6. The molecule has 2 unspecified atom stereocenters. The van der Waals surface area contributed by atoms with Gasteiger partial charge in [-0.1, -0.05) is 30.3 Å². The minimum Gasteiger partial charge on any atom is -0.315 e. The Balaban J connectivity index is 1.76. The molecule has 1 N–H and O–H groups in total. The van der Waals surface area contributed by atoms with Crippen LogP contribution in [0, 0.1) is 11.3 Å². The Labute approximate surface area is 110 Å². The van der Waals surface area contributed by atoms with Gasteiger partial charge in [0.1, 0.15) is 0 Å². The topological polar surface area (TPSA) is 15.3 Å². The van der Waals surface area contributed by atoms with Crippen LogP contribution < -0.4 is 5.32 Å². The summed E-state index contributed by atoms with van der Waals surface area (Å²) < 4.78 is 40.1. The molecule has 1 aromatic rings. The Morgan fingerprint density at radius 1 is 1.26 bits per heavy atom. The van der Waals surface area contributed by atoms with Crippen molar-refractivity contribution in [3.05, 3.63) is 35.9 Å². The second-order valence-corrected chi connectivity index (χ2v) is 5.64. The minimum absolute atomic E-state index is 0.0620. The summed E-state index contributed by atoms with van der Waals surface area (Å²) >= 11 is 0. The molecule has 2 aliphatic heterocycles. The summed E-state index contributed by atoms with van der Waals surface area (Å²) in [6.45, 7) is 1.79. The quantitative estimate of drug-likeness (QED) is 0.887. The van der Waals surface area contributed by atoms with Gasteiger partial charge in [-0.25, -0.2) is 0 Å². The van der Waals surface area contributed by atoms with Crippen LogP contribution in [0.25, 0.3) is 0 Å². The third-order valence-electron chi connectivity index (χ3n) is 4.41. The van der Waals surface area contributed by atoms with Crippen molar-refractivity contribution in [3.63, 3.8) is 0 Å². The maximum absolute atomic E-state index is 13.4. The lowest BCUT2D eigenvalue weighted by atomic mass is 9.80. The molecule has 2 nitrogen and oxygen atoms in total. The van der Waals surface area contributed by atoms with Crippen LogP contribution in [0.3, 0.4) is 0 Å². The van der Waals surface area contributed by atoms with Crippen LogP contribution in [0.15, 0.2) is 30.3 Å². The van der Waals surface area contributed by atoms with Gasteiger partial charge in [-0.2, -0.15) is 13.2 Å². The number of fused-ring (bicyclic) bond motifs is 1. The predicted octanol–water partition coefficient (Wildman–Crippen LogP) is 2.27. The number of benzene rings is 1. The molecule has 0 amide bonds. The van der Waals surface area contributed by atoms with E-state index in [-0.39, 0.29) is 19.0 Å². The molecular weight excluding hydrogens is 253 g/mol. The van der Waals surface area contributed by atoms with Crippen molar-refractivity contribution in [3.8, 4) is 0 Å². The molecule has 104 valence electrons. The average molecular weight is 270 g/mol. The van der Waals surface area contributed by atoms with Gasteiger partial charge >= 0.3 is 6.18 Å². The lowest BCUT2D eigenvalue weighted by Crippen LogP contribution is -2.45. The van der Waals surface area contributed by atoms with Crippen molar-refractivity contribution < 1.29 is 13.2 Å². The van der Waals surface area contributed by atoms with Crippen LogP contribution in [-0.4, -0.2) is 37.3 Å². The zero-order chi connectivity index (χ0) is 13.5. The Kier molecular flexibility index (Phi) is 3.06. The fourth-order valence-electron chi connectivity index (χ4n) is 3.39. The van der Waals surface area contributed by atoms with E-state index in [1.54, 1.807) is 0 Å². The maximum Gasteiger partial charge on any atom is 0.397 e. The molecule has 2 heterocycles. The van der Waals surface area contributed by atoms with Gasteiger partial charge in [0, 0.05) is 38.6 Å². The van der Waals surface area contributed by atoms with Gasteiger partial charge in [0.25, 0.3) is 0 Å². The van der Waals surface area contributed by atoms with E-state index < -0.39 is 11.6 Å². The van der Waals surface area contributed by atoms with E-state index in [2.05, 4.69) is 5.32 Å². The van der Waals surface area contributed by atoms with Crippen molar-refractivity contribution in [2.24, 2.45) is 11.3 Å². The highest BCUT2D eigenvalue weighted by atomic mass is 19.4. The molecule has 0 radical (unpaired) electrons. The van der Waals surface area contributed by atoms with Crippen molar-refractivity contribution in [1.29, 1.82) is 0 Å². The van der Waals surface area contributed by atoms with E-state index in [0.717, 1.165) is 5.56 Å². The Hall–Kier alpha value is -1.07. The average Bonchev–Trinajstić information content (AvgIpc) is 2.87. The maximum atomic E-state index is 13.4. The summed E-state index contributed by atoms with van der Waals surface area (Å²) in [5, 5.41) is 2.91. The van der Waals surface area contributed by atoms with Gasteiger partial charge in [-0.05, 0) is 5.56 Å². The molecular formula is C14H17F3N2. The summed E-state index contributed by atoms with van der Waals surface area (Å²) in [6.07, 6.45) is -4.12. The van der Waals surface area contributed by atoms with Crippen molar-refractivity contribution in [2.75, 3.05) is 26.2 Å². The van der Waals surface area contributed by atoms with Crippen LogP contribution in [0.5, 0.6) is 0 Å². The highest BCUT2D eigenvalue weighted by Crippen LogP contribution is 2.50. The molecule has 2 fully saturated rings. The summed E-state index contributed by atoms with van der Waals surface area (Å²) in [5.74, 6) is -0.309. The first-order valence-corrected chi connectivity index (χ1v) is 6.55. The molecule has 2 atom stereocenters. The van der Waals surface area contributed by atoms with E-state index in [4.69, 9.17) is 0 Å². The number of nitrogens with zero attached hydrogens (tertiary/aromatic N) is 1. The zero-order valence-electron chi connectivity index (χ0n) is 10.6. The lowest BCUT2D eigenvalue weighted by Gasteiger charge is -2.30. The Morgan fingerprint density at radius 3 is 2.63 bits per heavy atom. The number of alkyl halides is 3. The van der Waals surface area contributed by atoms with Crippen molar-refractivity contribution >= 4 is 0 Å². The molecule has 19 heavy (non-hydrogen) atoms. The number of rotatable bonds is 2. The molecule has 0 saturated carbocycles. The largest absolute Gasteiger partial charge is 0.397 e. The summed E-state index contributed by atoms with van der Waals surface area (Å²) in [4.78, 5) is 1.94. The van der Waals surface area contributed by atoms with Gasteiger partial charge in [-0.3, -0.25) is 4.90 Å². The standard InChI is InChI=1S/C14H17F3N2/c15-14(16,17)13-9-18-6-12(13)8-19(10-13)7-11-4-2-1-3-5-11/h1-5,12,18H,6-10H2. The van der Waals surface area contributed by atoms with E-state index in [1.165, 1.54) is 0 Å².